The average molecular weight is 389 g/mol. The molecule has 0 aliphatic heterocycles. The van der Waals surface area contributed by atoms with Gasteiger partial charge in [0.1, 0.15) is 10.8 Å². The Morgan fingerprint density at radius 3 is 2.50 bits per heavy atom. The number of alkyl halides is 1. The first kappa shape index (κ1) is 18.0. The van der Waals surface area contributed by atoms with Gasteiger partial charge in [-0.25, -0.2) is 9.37 Å². The minimum Gasteiger partial charge on any atom is -0.411 e. The van der Waals surface area contributed by atoms with Crippen LogP contribution in [0.15, 0.2) is 17.0 Å². The van der Waals surface area contributed by atoms with Gasteiger partial charge in [-0.3, -0.25) is 4.98 Å². The molecule has 0 bridgehead atoms. The Kier molecular flexibility index (Phi) is 5.45. The van der Waals surface area contributed by atoms with Crippen LogP contribution >= 0.6 is 15.9 Å². The lowest BCUT2D eigenvalue weighted by atomic mass is 9.84. The second kappa shape index (κ2) is 6.65. The van der Waals surface area contributed by atoms with Crippen LogP contribution in [0.5, 0.6) is 0 Å². The van der Waals surface area contributed by atoms with Gasteiger partial charge in [-0.15, -0.1) is 0 Å². The molecule has 124 valence electrons. The maximum Gasteiger partial charge on any atom is 0.192 e. The van der Waals surface area contributed by atoms with E-state index in [0.717, 1.165) is 18.5 Å². The van der Waals surface area contributed by atoms with E-state index < -0.39 is 14.5 Å². The van der Waals surface area contributed by atoms with Gasteiger partial charge in [-0.1, -0.05) is 20.8 Å². The molecule has 0 amide bonds. The summed E-state index contributed by atoms with van der Waals surface area (Å²) in [6.07, 6.45) is 4.35. The summed E-state index contributed by atoms with van der Waals surface area (Å²) in [5.74, 6) is 0.138. The summed E-state index contributed by atoms with van der Waals surface area (Å²) < 4.78 is 21.6. The lowest BCUT2D eigenvalue weighted by molar-refractivity contribution is 0.0448. The Hall–Kier alpha value is -0.333. The number of hydrogen-bond donors (Lipinski definition) is 0. The second-order valence-electron chi connectivity index (χ2n) is 7.71. The van der Waals surface area contributed by atoms with Gasteiger partial charge in [0.2, 0.25) is 0 Å². The Morgan fingerprint density at radius 2 is 1.95 bits per heavy atom. The van der Waals surface area contributed by atoms with Gasteiger partial charge in [0.15, 0.2) is 8.32 Å². The first-order valence-corrected chi connectivity index (χ1v) is 11.6. The highest BCUT2D eigenvalue weighted by Crippen LogP contribution is 2.41. The molecule has 1 aromatic rings. The first-order valence-electron chi connectivity index (χ1n) is 7.89. The molecule has 1 heterocycles. The summed E-state index contributed by atoms with van der Waals surface area (Å²) in [4.78, 5) is 8.56. The van der Waals surface area contributed by atoms with Crippen LogP contribution in [0.4, 0.5) is 4.39 Å². The molecule has 1 aliphatic carbocycles. The summed E-state index contributed by atoms with van der Waals surface area (Å²) in [5.41, 5.74) is 0.878. The van der Waals surface area contributed by atoms with Gasteiger partial charge < -0.3 is 4.43 Å². The van der Waals surface area contributed by atoms with Gasteiger partial charge in [-0.2, -0.15) is 0 Å². The van der Waals surface area contributed by atoms with Crippen LogP contribution in [0.3, 0.4) is 0 Å². The predicted octanol–water partition coefficient (Wildman–Crippen LogP) is 5.24. The minimum atomic E-state index is -1.92. The molecule has 1 aromatic heterocycles. The van der Waals surface area contributed by atoms with E-state index in [4.69, 9.17) is 4.43 Å². The third-order valence-corrected chi connectivity index (χ3v) is 9.89. The average Bonchev–Trinajstić information content (AvgIpc) is 2.39. The quantitative estimate of drug-likeness (QED) is 0.664. The fourth-order valence-corrected chi connectivity index (χ4v) is 4.30. The maximum atomic E-state index is 14.6. The maximum absolute atomic E-state index is 14.6. The van der Waals surface area contributed by atoms with Gasteiger partial charge in [0.25, 0.3) is 0 Å². The van der Waals surface area contributed by atoms with Crippen LogP contribution in [0.25, 0.3) is 0 Å². The van der Waals surface area contributed by atoms with Crippen LogP contribution in [0, 0.1) is 0 Å². The fourth-order valence-electron chi connectivity index (χ4n) is 2.60. The zero-order chi connectivity index (χ0) is 16.5. The number of hydrogen-bond acceptors (Lipinski definition) is 3. The highest BCUT2D eigenvalue weighted by molar-refractivity contribution is 9.10. The van der Waals surface area contributed by atoms with Crippen molar-refractivity contribution in [1.29, 1.82) is 0 Å². The van der Waals surface area contributed by atoms with E-state index in [-0.39, 0.29) is 17.1 Å². The normalized spacial score (nSPS) is 27.0. The van der Waals surface area contributed by atoms with Crippen molar-refractivity contribution in [3.05, 3.63) is 22.7 Å². The first-order chi connectivity index (χ1) is 10.1. The summed E-state index contributed by atoms with van der Waals surface area (Å²) >= 11 is 3.33. The SMILES string of the molecule is CC(C)(C)[Si](C)(C)O[C@H]1CC[C@H](c2cncc(Br)n2)C[C@@H]1F. The van der Waals surface area contributed by atoms with Crippen LogP contribution in [0.1, 0.15) is 51.6 Å². The van der Waals surface area contributed by atoms with Crippen molar-refractivity contribution in [1.82, 2.24) is 9.97 Å². The molecule has 0 unspecified atom stereocenters. The van der Waals surface area contributed by atoms with E-state index in [2.05, 4.69) is 59.8 Å². The van der Waals surface area contributed by atoms with E-state index in [0.29, 0.717) is 11.0 Å². The highest BCUT2D eigenvalue weighted by Gasteiger charge is 2.42. The van der Waals surface area contributed by atoms with Gasteiger partial charge in [0, 0.05) is 12.1 Å². The molecule has 0 aromatic carbocycles. The molecule has 0 radical (unpaired) electrons. The molecular weight excluding hydrogens is 363 g/mol. The Balaban J connectivity index is 2.01. The molecule has 0 saturated heterocycles. The molecule has 0 N–H and O–H groups in total. The van der Waals surface area contributed by atoms with Crippen molar-refractivity contribution in [2.24, 2.45) is 0 Å². The van der Waals surface area contributed by atoms with Crippen LogP contribution in [0.2, 0.25) is 18.1 Å². The highest BCUT2D eigenvalue weighted by atomic mass is 79.9. The fraction of sp³-hybridized carbons (Fsp3) is 0.750. The Bertz CT molecular complexity index is 521. The molecule has 1 fully saturated rings. The van der Waals surface area contributed by atoms with E-state index in [1.807, 2.05) is 0 Å². The van der Waals surface area contributed by atoms with E-state index in [9.17, 15) is 4.39 Å². The Labute approximate surface area is 142 Å². The monoisotopic (exact) mass is 388 g/mol. The zero-order valence-electron chi connectivity index (χ0n) is 14.1. The molecule has 6 heteroatoms. The van der Waals surface area contributed by atoms with E-state index in [1.165, 1.54) is 0 Å². The van der Waals surface area contributed by atoms with Gasteiger partial charge in [0.05, 0.1) is 18.0 Å². The molecule has 2 rings (SSSR count). The van der Waals surface area contributed by atoms with E-state index in [1.54, 1.807) is 12.4 Å². The molecule has 1 aliphatic rings. The van der Waals surface area contributed by atoms with Crippen molar-refractivity contribution < 1.29 is 8.82 Å². The minimum absolute atomic E-state index is 0.110. The van der Waals surface area contributed by atoms with Crippen molar-refractivity contribution in [3.8, 4) is 0 Å². The summed E-state index contributed by atoms with van der Waals surface area (Å²) in [7, 11) is -1.92. The Morgan fingerprint density at radius 1 is 1.27 bits per heavy atom. The van der Waals surface area contributed by atoms with Crippen molar-refractivity contribution in [2.75, 3.05) is 0 Å². The van der Waals surface area contributed by atoms with Gasteiger partial charge >= 0.3 is 0 Å². The smallest absolute Gasteiger partial charge is 0.192 e. The van der Waals surface area contributed by atoms with Crippen molar-refractivity contribution >= 4 is 24.2 Å². The zero-order valence-corrected chi connectivity index (χ0v) is 16.7. The van der Waals surface area contributed by atoms with Crippen LogP contribution < -0.4 is 0 Å². The van der Waals surface area contributed by atoms with Gasteiger partial charge in [-0.05, 0) is 53.3 Å². The van der Waals surface area contributed by atoms with Crippen molar-refractivity contribution in [2.45, 2.75) is 76.4 Å². The molecular formula is C16H26BrFN2OSi. The lowest BCUT2D eigenvalue weighted by Crippen LogP contribution is -2.47. The molecule has 3 atom stereocenters. The van der Waals surface area contributed by atoms with Crippen molar-refractivity contribution in [3.63, 3.8) is 0 Å². The third kappa shape index (κ3) is 4.14. The number of halogens is 2. The van der Waals surface area contributed by atoms with Crippen LogP contribution in [-0.2, 0) is 4.43 Å². The molecule has 1 saturated carbocycles. The molecule has 22 heavy (non-hydrogen) atoms. The number of aromatic nitrogens is 2. The third-order valence-electron chi connectivity index (χ3n) is 5.01. The number of nitrogens with zero attached hydrogens (tertiary/aromatic N) is 2. The predicted molar refractivity (Wildman–Crippen MR) is 93.3 cm³/mol. The molecule has 0 spiro atoms. The summed E-state index contributed by atoms with van der Waals surface area (Å²) in [6, 6.07) is 0. The summed E-state index contributed by atoms with van der Waals surface area (Å²) in [6.45, 7) is 10.9. The van der Waals surface area contributed by atoms with Crippen LogP contribution in [-0.4, -0.2) is 30.6 Å². The lowest BCUT2D eigenvalue weighted by Gasteiger charge is -2.42. The summed E-state index contributed by atoms with van der Waals surface area (Å²) in [5, 5.41) is 0.110. The standard InChI is InChI=1S/C16H26BrFN2OSi/c1-16(2,3)22(4,5)21-14-7-6-11(8-12(14)18)13-9-19-10-15(17)20-13/h9-12,14H,6-8H2,1-5H3/t11-,12-,14-/m0/s1. The van der Waals surface area contributed by atoms with E-state index >= 15 is 0 Å². The second-order valence-corrected chi connectivity index (χ2v) is 13.3. The largest absolute Gasteiger partial charge is 0.411 e. The topological polar surface area (TPSA) is 35.0 Å². The molecule has 3 nitrogen and oxygen atoms in total. The number of rotatable bonds is 3.